The van der Waals surface area contributed by atoms with Gasteiger partial charge >= 0.3 is 0 Å². The molecule has 2 aromatic rings. The molecular weight excluding hydrogens is 345 g/mol. The molecule has 6 heteroatoms. The molecule has 0 N–H and O–H groups in total. The van der Waals surface area contributed by atoms with E-state index >= 15 is 0 Å². The van der Waals surface area contributed by atoms with Gasteiger partial charge in [-0.2, -0.15) is 4.98 Å². The second kappa shape index (κ2) is 5.57. The molecule has 0 radical (unpaired) electrons. The molecule has 0 atom stereocenters. The molecular formula is C11H8BrCl2NOS. The fraction of sp³-hybridized carbons (Fsp3) is 0.182. The van der Waals surface area contributed by atoms with Gasteiger partial charge in [0.05, 0.1) is 15.2 Å². The van der Waals surface area contributed by atoms with E-state index in [4.69, 9.17) is 27.9 Å². The number of halogens is 3. The highest BCUT2D eigenvalue weighted by molar-refractivity contribution is 9.10. The van der Waals surface area contributed by atoms with E-state index in [1.54, 1.807) is 0 Å². The van der Waals surface area contributed by atoms with Gasteiger partial charge in [0.1, 0.15) is 10.9 Å². The zero-order valence-corrected chi connectivity index (χ0v) is 12.8. The van der Waals surface area contributed by atoms with Crippen LogP contribution in [-0.4, -0.2) is 4.98 Å². The number of ether oxygens (including phenoxy) is 1. The highest BCUT2D eigenvalue weighted by atomic mass is 79.9. The van der Waals surface area contributed by atoms with Crippen LogP contribution >= 0.6 is 50.5 Å². The van der Waals surface area contributed by atoms with Gasteiger partial charge in [0.25, 0.3) is 5.19 Å². The average molecular weight is 353 g/mol. The summed E-state index contributed by atoms with van der Waals surface area (Å²) in [6, 6.07) is 5.83. The molecule has 1 aromatic carbocycles. The zero-order chi connectivity index (χ0) is 12.4. The van der Waals surface area contributed by atoms with Gasteiger partial charge in [0, 0.05) is 0 Å². The third kappa shape index (κ3) is 3.13. The highest BCUT2D eigenvalue weighted by Crippen LogP contribution is 2.35. The number of hydrogen-bond acceptors (Lipinski definition) is 3. The maximum Gasteiger partial charge on any atom is 0.280 e. The lowest BCUT2D eigenvalue weighted by Crippen LogP contribution is -1.85. The van der Waals surface area contributed by atoms with Crippen LogP contribution in [0.1, 0.15) is 10.4 Å². The first-order chi connectivity index (χ1) is 8.10. The molecule has 2 rings (SSSR count). The van der Waals surface area contributed by atoms with Gasteiger partial charge in [-0.05, 0) is 40.5 Å². The van der Waals surface area contributed by atoms with Crippen molar-refractivity contribution in [3.05, 3.63) is 38.3 Å². The third-order valence-electron chi connectivity index (χ3n) is 2.04. The topological polar surface area (TPSA) is 22.1 Å². The van der Waals surface area contributed by atoms with E-state index in [0.29, 0.717) is 22.0 Å². The minimum atomic E-state index is 0.342. The summed E-state index contributed by atoms with van der Waals surface area (Å²) in [5.74, 6) is 1.05. The van der Waals surface area contributed by atoms with E-state index in [1.165, 1.54) is 11.3 Å². The van der Waals surface area contributed by atoms with Crippen LogP contribution < -0.4 is 4.74 Å². The van der Waals surface area contributed by atoms with Crippen LogP contribution in [0, 0.1) is 6.92 Å². The van der Waals surface area contributed by atoms with Crippen molar-refractivity contribution in [2.24, 2.45) is 0 Å². The molecule has 0 saturated carbocycles. The zero-order valence-electron chi connectivity index (χ0n) is 8.84. The van der Waals surface area contributed by atoms with Crippen molar-refractivity contribution in [3.8, 4) is 10.9 Å². The fourth-order valence-corrected chi connectivity index (χ4v) is 3.13. The van der Waals surface area contributed by atoms with Crippen molar-refractivity contribution in [1.29, 1.82) is 0 Å². The summed E-state index contributed by atoms with van der Waals surface area (Å²) in [5, 5.41) is 0.901. The van der Waals surface area contributed by atoms with E-state index in [1.807, 2.05) is 25.1 Å². The van der Waals surface area contributed by atoms with Gasteiger partial charge in [-0.25, -0.2) is 0 Å². The lowest BCUT2D eigenvalue weighted by Gasteiger charge is -2.04. The van der Waals surface area contributed by atoms with Gasteiger partial charge in [0.2, 0.25) is 0 Å². The molecule has 0 aliphatic rings. The summed E-state index contributed by atoms with van der Waals surface area (Å²) in [4.78, 5) is 4.91. The quantitative estimate of drug-likeness (QED) is 0.690. The van der Waals surface area contributed by atoms with Crippen LogP contribution in [0.4, 0.5) is 0 Å². The Labute approximate surface area is 122 Å². The largest absolute Gasteiger partial charge is 0.430 e. The Kier molecular flexibility index (Phi) is 4.31. The van der Waals surface area contributed by atoms with Crippen molar-refractivity contribution >= 4 is 50.5 Å². The van der Waals surface area contributed by atoms with Crippen molar-refractivity contribution < 1.29 is 4.74 Å². The van der Waals surface area contributed by atoms with Crippen LogP contribution in [0.3, 0.4) is 0 Å². The Morgan fingerprint density at radius 2 is 2.24 bits per heavy atom. The molecule has 0 fully saturated rings. The molecule has 90 valence electrons. The summed E-state index contributed by atoms with van der Waals surface area (Å²) >= 11 is 16.4. The van der Waals surface area contributed by atoms with Gasteiger partial charge in [0.15, 0.2) is 0 Å². The molecule has 0 aliphatic heterocycles. The summed E-state index contributed by atoms with van der Waals surface area (Å²) in [6.07, 6.45) is 0. The van der Waals surface area contributed by atoms with Gasteiger partial charge in [-0.15, -0.1) is 11.6 Å². The van der Waals surface area contributed by atoms with Crippen LogP contribution in [0.25, 0.3) is 0 Å². The Balaban J connectivity index is 2.25. The van der Waals surface area contributed by atoms with E-state index < -0.39 is 0 Å². The minimum Gasteiger partial charge on any atom is -0.430 e. The average Bonchev–Trinajstić information content (AvgIpc) is 2.63. The smallest absolute Gasteiger partial charge is 0.280 e. The standard InChI is InChI=1S/C11H8BrCl2NOS/c1-6-2-3-8(7(12)4-6)16-11-15-10(14)9(5-13)17-11/h2-4H,5H2,1H3. The normalized spacial score (nSPS) is 10.6. The monoisotopic (exact) mass is 351 g/mol. The number of hydrogen-bond donors (Lipinski definition) is 0. The van der Waals surface area contributed by atoms with Crippen LogP contribution in [0.15, 0.2) is 22.7 Å². The summed E-state index contributed by atoms with van der Waals surface area (Å²) in [7, 11) is 0. The number of aromatic nitrogens is 1. The van der Waals surface area contributed by atoms with Gasteiger partial charge in [-0.3, -0.25) is 0 Å². The maximum absolute atomic E-state index is 5.90. The van der Waals surface area contributed by atoms with Crippen molar-refractivity contribution in [2.75, 3.05) is 0 Å². The van der Waals surface area contributed by atoms with E-state index in [-0.39, 0.29) is 0 Å². The molecule has 0 amide bonds. The molecule has 0 unspecified atom stereocenters. The van der Waals surface area contributed by atoms with Crippen LogP contribution in [0.5, 0.6) is 10.9 Å². The Morgan fingerprint density at radius 1 is 1.47 bits per heavy atom. The number of alkyl halides is 1. The number of rotatable bonds is 3. The van der Waals surface area contributed by atoms with Crippen LogP contribution in [0.2, 0.25) is 5.15 Å². The Morgan fingerprint density at radius 3 is 2.82 bits per heavy atom. The fourth-order valence-electron chi connectivity index (χ4n) is 1.22. The summed E-state index contributed by atoms with van der Waals surface area (Å²) in [5.41, 5.74) is 1.16. The second-order valence-electron chi connectivity index (χ2n) is 3.36. The van der Waals surface area contributed by atoms with Crippen molar-refractivity contribution in [2.45, 2.75) is 12.8 Å². The molecule has 0 spiro atoms. The Hall–Kier alpha value is -0.290. The lowest BCUT2D eigenvalue weighted by molar-refractivity contribution is 0.476. The first-order valence-corrected chi connectivity index (χ1v) is 7.27. The number of thiazole rings is 1. The number of aryl methyl sites for hydroxylation is 1. The van der Waals surface area contributed by atoms with Crippen LogP contribution in [-0.2, 0) is 5.88 Å². The van der Waals surface area contributed by atoms with E-state index in [9.17, 15) is 0 Å². The SMILES string of the molecule is Cc1ccc(Oc2nc(Cl)c(CCl)s2)c(Br)c1. The minimum absolute atomic E-state index is 0.342. The lowest BCUT2D eigenvalue weighted by atomic mass is 10.2. The molecule has 0 bridgehead atoms. The van der Waals surface area contributed by atoms with Gasteiger partial charge < -0.3 is 4.74 Å². The predicted octanol–water partition coefficient (Wildman–Crippen LogP) is 5.40. The molecule has 0 aliphatic carbocycles. The highest BCUT2D eigenvalue weighted by Gasteiger charge is 2.11. The number of benzene rings is 1. The molecule has 2 nitrogen and oxygen atoms in total. The van der Waals surface area contributed by atoms with E-state index in [0.717, 1.165) is 14.9 Å². The summed E-state index contributed by atoms with van der Waals surface area (Å²) in [6.45, 7) is 2.01. The molecule has 0 saturated heterocycles. The van der Waals surface area contributed by atoms with Crippen molar-refractivity contribution in [3.63, 3.8) is 0 Å². The number of nitrogens with zero attached hydrogens (tertiary/aromatic N) is 1. The molecule has 17 heavy (non-hydrogen) atoms. The van der Waals surface area contributed by atoms with Gasteiger partial charge in [-0.1, -0.05) is 29.0 Å². The Bertz CT molecular complexity index is 544. The predicted molar refractivity (Wildman–Crippen MR) is 75.6 cm³/mol. The first kappa shape index (κ1) is 13.1. The molecule has 1 heterocycles. The van der Waals surface area contributed by atoms with E-state index in [2.05, 4.69) is 20.9 Å². The maximum atomic E-state index is 5.90. The third-order valence-corrected chi connectivity index (χ3v) is 4.44. The summed E-state index contributed by atoms with van der Waals surface area (Å²) < 4.78 is 6.53. The molecule has 1 aromatic heterocycles. The first-order valence-electron chi connectivity index (χ1n) is 4.75. The van der Waals surface area contributed by atoms with Crippen molar-refractivity contribution in [1.82, 2.24) is 4.98 Å². The second-order valence-corrected chi connectivity index (χ2v) is 5.89.